The van der Waals surface area contributed by atoms with Crippen molar-refractivity contribution in [3.8, 4) is 0 Å². The second-order valence-electron chi connectivity index (χ2n) is 5.12. The number of carbonyl (C=O) groups excluding carboxylic acids is 1. The van der Waals surface area contributed by atoms with Crippen molar-refractivity contribution in [3.63, 3.8) is 0 Å². The maximum atomic E-state index is 11.9. The molecule has 0 atom stereocenters. The van der Waals surface area contributed by atoms with Gasteiger partial charge < -0.3 is 15.0 Å². The molecule has 5 heteroatoms. The molecule has 1 saturated heterocycles. The average molecular weight is 263 g/mol. The summed E-state index contributed by atoms with van der Waals surface area (Å²) in [5.41, 5.74) is 0.787. The van der Waals surface area contributed by atoms with Crippen LogP contribution >= 0.6 is 0 Å². The molecule has 5 nitrogen and oxygen atoms in total. The highest BCUT2D eigenvalue weighted by atomic mass is 16.5. The number of nitrogens with one attached hydrogen (secondary N) is 1. The van der Waals surface area contributed by atoms with Crippen LogP contribution in [0, 0.1) is 5.92 Å². The Balaban J connectivity index is 2.09. The smallest absolute Gasteiger partial charge is 0.224 e. The fourth-order valence-corrected chi connectivity index (χ4v) is 2.09. The zero-order chi connectivity index (χ0) is 13.7. The minimum Gasteiger partial charge on any atom is -0.378 e. The Labute approximate surface area is 114 Å². The van der Waals surface area contributed by atoms with E-state index < -0.39 is 0 Å². The Morgan fingerprint density at radius 3 is 2.89 bits per heavy atom. The number of nitrogens with zero attached hydrogens (tertiary/aromatic N) is 2. The molecule has 0 unspecified atom stereocenters. The molecule has 1 aliphatic heterocycles. The molecule has 0 aliphatic carbocycles. The van der Waals surface area contributed by atoms with Crippen molar-refractivity contribution in [1.29, 1.82) is 0 Å². The van der Waals surface area contributed by atoms with E-state index in [0.717, 1.165) is 24.6 Å². The van der Waals surface area contributed by atoms with Gasteiger partial charge in [0, 0.05) is 25.7 Å². The standard InChI is InChI=1S/C14H21N3O2/c1-11(2)10-13(18)16-12-4-3-5-15-14(12)17-6-8-19-9-7-17/h3-5,11H,6-10H2,1-2H3,(H,16,18). The van der Waals surface area contributed by atoms with Crippen molar-refractivity contribution in [2.75, 3.05) is 36.5 Å². The number of ether oxygens (including phenoxy) is 1. The third-order valence-electron chi connectivity index (χ3n) is 2.97. The number of carbonyl (C=O) groups is 1. The number of hydrogen-bond acceptors (Lipinski definition) is 4. The highest BCUT2D eigenvalue weighted by molar-refractivity contribution is 5.93. The van der Waals surface area contributed by atoms with Crippen molar-refractivity contribution < 1.29 is 9.53 Å². The van der Waals surface area contributed by atoms with Gasteiger partial charge in [0.2, 0.25) is 5.91 Å². The molecule has 0 saturated carbocycles. The van der Waals surface area contributed by atoms with Gasteiger partial charge in [-0.3, -0.25) is 4.79 Å². The molecule has 1 fully saturated rings. The predicted molar refractivity (Wildman–Crippen MR) is 75.4 cm³/mol. The number of aromatic nitrogens is 1. The average Bonchev–Trinajstić information content (AvgIpc) is 2.39. The molecular weight excluding hydrogens is 242 g/mol. The summed E-state index contributed by atoms with van der Waals surface area (Å²) in [6, 6.07) is 3.74. The molecule has 0 aromatic carbocycles. The van der Waals surface area contributed by atoms with E-state index in [2.05, 4.69) is 15.2 Å². The van der Waals surface area contributed by atoms with E-state index >= 15 is 0 Å². The Kier molecular flexibility index (Phi) is 4.74. The Morgan fingerprint density at radius 1 is 1.47 bits per heavy atom. The van der Waals surface area contributed by atoms with Gasteiger partial charge in [0.25, 0.3) is 0 Å². The van der Waals surface area contributed by atoms with Crippen LogP contribution in [0.2, 0.25) is 0 Å². The predicted octanol–water partition coefficient (Wildman–Crippen LogP) is 1.90. The normalized spacial score (nSPS) is 15.6. The van der Waals surface area contributed by atoms with Crippen LogP contribution in [0.3, 0.4) is 0 Å². The quantitative estimate of drug-likeness (QED) is 0.901. The molecule has 0 bridgehead atoms. The summed E-state index contributed by atoms with van der Waals surface area (Å²) in [7, 11) is 0. The Bertz CT molecular complexity index is 428. The van der Waals surface area contributed by atoms with Crippen LogP contribution < -0.4 is 10.2 Å². The lowest BCUT2D eigenvalue weighted by Gasteiger charge is -2.29. The largest absolute Gasteiger partial charge is 0.378 e. The highest BCUT2D eigenvalue weighted by Crippen LogP contribution is 2.23. The van der Waals surface area contributed by atoms with Gasteiger partial charge in [0.1, 0.15) is 0 Å². The zero-order valence-corrected chi connectivity index (χ0v) is 11.6. The third kappa shape index (κ3) is 3.92. The van der Waals surface area contributed by atoms with Gasteiger partial charge in [0.15, 0.2) is 5.82 Å². The highest BCUT2D eigenvalue weighted by Gasteiger charge is 2.17. The van der Waals surface area contributed by atoms with E-state index in [1.54, 1.807) is 6.20 Å². The number of rotatable bonds is 4. The second kappa shape index (κ2) is 6.52. The molecule has 104 valence electrons. The molecule has 1 N–H and O–H groups in total. The molecule has 2 rings (SSSR count). The van der Waals surface area contributed by atoms with E-state index in [1.165, 1.54) is 0 Å². The molecule has 0 radical (unpaired) electrons. The SMILES string of the molecule is CC(C)CC(=O)Nc1cccnc1N1CCOCC1. The molecule has 1 amide bonds. The van der Waals surface area contributed by atoms with Crippen LogP contribution in [0.4, 0.5) is 11.5 Å². The fourth-order valence-electron chi connectivity index (χ4n) is 2.09. The van der Waals surface area contributed by atoms with Gasteiger partial charge in [-0.25, -0.2) is 4.98 Å². The number of pyridine rings is 1. The molecule has 1 aromatic heterocycles. The van der Waals surface area contributed by atoms with Gasteiger partial charge in [-0.1, -0.05) is 13.8 Å². The van der Waals surface area contributed by atoms with E-state index in [-0.39, 0.29) is 5.91 Å². The summed E-state index contributed by atoms with van der Waals surface area (Å²) >= 11 is 0. The maximum Gasteiger partial charge on any atom is 0.224 e. The Hall–Kier alpha value is -1.62. The van der Waals surface area contributed by atoms with Crippen LogP contribution in [0.5, 0.6) is 0 Å². The molecule has 1 aliphatic rings. The molecular formula is C14H21N3O2. The van der Waals surface area contributed by atoms with Crippen molar-refractivity contribution in [2.45, 2.75) is 20.3 Å². The summed E-state index contributed by atoms with van der Waals surface area (Å²) in [4.78, 5) is 18.4. The molecule has 1 aromatic rings. The first-order valence-electron chi connectivity index (χ1n) is 6.74. The number of amides is 1. The van der Waals surface area contributed by atoms with E-state index in [9.17, 15) is 4.79 Å². The summed E-state index contributed by atoms with van der Waals surface area (Å²) in [5.74, 6) is 1.23. The van der Waals surface area contributed by atoms with Crippen molar-refractivity contribution in [2.24, 2.45) is 5.92 Å². The third-order valence-corrected chi connectivity index (χ3v) is 2.97. The monoisotopic (exact) mass is 263 g/mol. The maximum absolute atomic E-state index is 11.9. The molecule has 19 heavy (non-hydrogen) atoms. The van der Waals surface area contributed by atoms with Crippen molar-refractivity contribution in [3.05, 3.63) is 18.3 Å². The number of anilines is 2. The van der Waals surface area contributed by atoms with Crippen LogP contribution in [-0.4, -0.2) is 37.2 Å². The number of morpholine rings is 1. The van der Waals surface area contributed by atoms with Crippen molar-refractivity contribution >= 4 is 17.4 Å². The summed E-state index contributed by atoms with van der Waals surface area (Å²) < 4.78 is 5.34. The minimum absolute atomic E-state index is 0.0394. The van der Waals surface area contributed by atoms with Crippen molar-refractivity contribution in [1.82, 2.24) is 4.98 Å². The first-order chi connectivity index (χ1) is 9.16. The number of hydrogen-bond donors (Lipinski definition) is 1. The minimum atomic E-state index is 0.0394. The summed E-state index contributed by atoms with van der Waals surface area (Å²) in [6.07, 6.45) is 2.28. The summed E-state index contributed by atoms with van der Waals surface area (Å²) in [6.45, 7) is 7.09. The first-order valence-corrected chi connectivity index (χ1v) is 6.74. The fraction of sp³-hybridized carbons (Fsp3) is 0.571. The van der Waals surface area contributed by atoms with Gasteiger partial charge in [-0.2, -0.15) is 0 Å². The van der Waals surface area contributed by atoms with Gasteiger partial charge in [-0.05, 0) is 18.1 Å². The first kappa shape index (κ1) is 13.8. The van der Waals surface area contributed by atoms with E-state index in [4.69, 9.17) is 4.74 Å². The van der Waals surface area contributed by atoms with Crippen LogP contribution in [-0.2, 0) is 9.53 Å². The zero-order valence-electron chi connectivity index (χ0n) is 11.6. The molecule has 2 heterocycles. The Morgan fingerprint density at radius 2 is 2.21 bits per heavy atom. The summed E-state index contributed by atoms with van der Waals surface area (Å²) in [5, 5.41) is 2.96. The lowest BCUT2D eigenvalue weighted by Crippen LogP contribution is -2.37. The topological polar surface area (TPSA) is 54.5 Å². The molecule has 0 spiro atoms. The van der Waals surface area contributed by atoms with Crippen LogP contribution in [0.25, 0.3) is 0 Å². The lowest BCUT2D eigenvalue weighted by atomic mass is 10.1. The van der Waals surface area contributed by atoms with E-state index in [0.29, 0.717) is 25.6 Å². The van der Waals surface area contributed by atoms with Gasteiger partial charge in [0.05, 0.1) is 18.9 Å². The van der Waals surface area contributed by atoms with Crippen LogP contribution in [0.15, 0.2) is 18.3 Å². The van der Waals surface area contributed by atoms with Crippen LogP contribution in [0.1, 0.15) is 20.3 Å². The van der Waals surface area contributed by atoms with E-state index in [1.807, 2.05) is 26.0 Å². The lowest BCUT2D eigenvalue weighted by molar-refractivity contribution is -0.116. The van der Waals surface area contributed by atoms with Gasteiger partial charge in [-0.15, -0.1) is 0 Å². The second-order valence-corrected chi connectivity index (χ2v) is 5.12. The van der Waals surface area contributed by atoms with Gasteiger partial charge >= 0.3 is 0 Å².